The molecule has 2 aromatic carbocycles. The maximum Gasteiger partial charge on any atom is 0.426 e. The second-order valence-corrected chi connectivity index (χ2v) is 10.2. The monoisotopic (exact) mass is 484 g/mol. The number of benzene rings is 2. The van der Waals surface area contributed by atoms with Crippen molar-refractivity contribution >= 4 is 37.1 Å². The molecular weight excluding hydrogens is 468 g/mol. The number of carbonyl (C=O) groups is 1. The van der Waals surface area contributed by atoms with Crippen LogP contribution < -0.4 is 10.0 Å². The molecule has 1 amide bonds. The van der Waals surface area contributed by atoms with Crippen molar-refractivity contribution in [1.82, 2.24) is 0 Å². The second-order valence-electron chi connectivity index (χ2n) is 6.54. The number of rotatable bonds is 6. The molecule has 2 rings (SSSR count). The summed E-state index contributed by atoms with van der Waals surface area (Å²) in [6.07, 6.45) is -4.49. The normalized spacial score (nSPS) is 14.5. The lowest BCUT2D eigenvalue weighted by molar-refractivity contribution is -0.242. The van der Waals surface area contributed by atoms with E-state index in [4.69, 9.17) is 0 Å². The summed E-state index contributed by atoms with van der Waals surface area (Å²) < 4.78 is 103. The largest absolute Gasteiger partial charge is 0.426 e. The van der Waals surface area contributed by atoms with Crippen LogP contribution in [-0.2, 0) is 24.7 Å². The summed E-state index contributed by atoms with van der Waals surface area (Å²) in [6.45, 7) is 0.169. The van der Waals surface area contributed by atoms with Crippen LogP contribution in [0.2, 0.25) is 0 Å². The molecule has 14 heteroatoms. The molecule has 0 radical (unpaired) electrons. The van der Waals surface area contributed by atoms with Crippen LogP contribution in [-0.4, -0.2) is 45.9 Å². The van der Waals surface area contributed by atoms with Gasteiger partial charge in [-0.2, -0.15) is 13.2 Å². The van der Waals surface area contributed by atoms with Gasteiger partial charge in [0.25, 0.3) is 15.9 Å². The fourth-order valence-electron chi connectivity index (χ4n) is 2.22. The number of hydrogen-bond acceptors (Lipinski definition) is 6. The first-order chi connectivity index (χ1) is 14.0. The van der Waals surface area contributed by atoms with Crippen molar-refractivity contribution in [1.29, 1.82) is 0 Å². The van der Waals surface area contributed by atoms with E-state index in [1.807, 2.05) is 4.72 Å². The van der Waals surface area contributed by atoms with E-state index < -0.39 is 53.9 Å². The number of sulfone groups is 1. The predicted octanol–water partition coefficient (Wildman–Crippen LogP) is 2.28. The molecule has 0 spiro atoms. The number of alkyl halides is 3. The Labute approximate surface area is 174 Å². The van der Waals surface area contributed by atoms with E-state index in [1.54, 1.807) is 0 Å². The van der Waals surface area contributed by atoms with Crippen LogP contribution in [0.15, 0.2) is 52.3 Å². The number of para-hydroxylation sites is 1. The van der Waals surface area contributed by atoms with Gasteiger partial charge in [-0.15, -0.1) is 0 Å². The Bertz CT molecular complexity index is 1230. The molecule has 0 fully saturated rings. The first kappa shape index (κ1) is 24.6. The van der Waals surface area contributed by atoms with Crippen molar-refractivity contribution in [3.05, 3.63) is 48.3 Å². The number of nitrogens with one attached hydrogen (secondary N) is 2. The molecule has 0 heterocycles. The van der Waals surface area contributed by atoms with Crippen LogP contribution in [0, 0.1) is 5.82 Å². The molecule has 0 aliphatic heterocycles. The average Bonchev–Trinajstić information content (AvgIpc) is 2.61. The van der Waals surface area contributed by atoms with Gasteiger partial charge in [0.05, 0.1) is 21.2 Å². The lowest BCUT2D eigenvalue weighted by Gasteiger charge is -2.25. The maximum atomic E-state index is 14.3. The summed E-state index contributed by atoms with van der Waals surface area (Å²) in [5, 5.41) is 10.8. The van der Waals surface area contributed by atoms with E-state index in [0.717, 1.165) is 24.5 Å². The maximum absolute atomic E-state index is 14.3. The van der Waals surface area contributed by atoms with Gasteiger partial charge in [0.15, 0.2) is 9.84 Å². The third-order valence-corrected chi connectivity index (χ3v) is 6.54. The molecule has 0 saturated carbocycles. The number of sulfonamides is 1. The minimum Gasteiger partial charge on any atom is -0.373 e. The lowest BCUT2D eigenvalue weighted by Crippen LogP contribution is -2.52. The lowest BCUT2D eigenvalue weighted by atomic mass is 10.1. The molecule has 31 heavy (non-hydrogen) atoms. The van der Waals surface area contributed by atoms with E-state index in [0.29, 0.717) is 12.1 Å². The molecule has 1 atom stereocenters. The molecule has 0 unspecified atom stereocenters. The van der Waals surface area contributed by atoms with Crippen molar-refractivity contribution in [2.75, 3.05) is 16.3 Å². The predicted molar refractivity (Wildman–Crippen MR) is 102 cm³/mol. The van der Waals surface area contributed by atoms with Crippen molar-refractivity contribution in [3.63, 3.8) is 0 Å². The first-order valence-electron chi connectivity index (χ1n) is 8.19. The molecule has 0 aliphatic rings. The molecule has 0 saturated heterocycles. The fraction of sp³-hybridized carbons (Fsp3) is 0.235. The molecule has 0 bridgehead atoms. The van der Waals surface area contributed by atoms with Crippen LogP contribution in [0.1, 0.15) is 6.92 Å². The highest BCUT2D eigenvalue weighted by molar-refractivity contribution is 7.93. The van der Waals surface area contributed by atoms with Crippen LogP contribution in [0.25, 0.3) is 0 Å². The van der Waals surface area contributed by atoms with Gasteiger partial charge in [0, 0.05) is 6.26 Å². The van der Waals surface area contributed by atoms with Gasteiger partial charge in [0.2, 0.25) is 5.60 Å². The molecule has 2 aromatic rings. The third kappa shape index (κ3) is 5.32. The number of aliphatic hydroxyl groups is 1. The molecule has 3 N–H and O–H groups in total. The minimum absolute atomic E-state index is 0.169. The first-order valence-corrected chi connectivity index (χ1v) is 11.6. The number of halogens is 4. The molecule has 0 aromatic heterocycles. The zero-order valence-electron chi connectivity index (χ0n) is 15.9. The van der Waals surface area contributed by atoms with E-state index >= 15 is 0 Å². The number of anilines is 2. The second kappa shape index (κ2) is 8.09. The number of hydrogen-bond donors (Lipinski definition) is 3. The third-order valence-electron chi connectivity index (χ3n) is 4.02. The topological polar surface area (TPSA) is 130 Å². The zero-order chi connectivity index (χ0) is 23.8. The highest BCUT2D eigenvalue weighted by atomic mass is 32.2. The van der Waals surface area contributed by atoms with E-state index in [-0.39, 0.29) is 17.5 Å². The summed E-state index contributed by atoms with van der Waals surface area (Å²) in [6, 6.07) is 6.89. The smallest absolute Gasteiger partial charge is 0.373 e. The van der Waals surface area contributed by atoms with Gasteiger partial charge in [-0.25, -0.2) is 21.2 Å². The van der Waals surface area contributed by atoms with Gasteiger partial charge in [0.1, 0.15) is 5.82 Å². The van der Waals surface area contributed by atoms with Crippen LogP contribution in [0.5, 0.6) is 0 Å². The Hall–Kier alpha value is -2.71. The molecule has 0 aliphatic carbocycles. The van der Waals surface area contributed by atoms with Gasteiger partial charge >= 0.3 is 6.18 Å². The van der Waals surface area contributed by atoms with E-state index in [9.17, 15) is 44.3 Å². The van der Waals surface area contributed by atoms with Crippen molar-refractivity contribution in [2.45, 2.75) is 28.5 Å². The summed E-state index contributed by atoms with van der Waals surface area (Å²) in [7, 11) is -8.32. The molecular formula is C17H16F4N2O6S2. The van der Waals surface area contributed by atoms with Crippen LogP contribution >= 0.6 is 0 Å². The van der Waals surface area contributed by atoms with Gasteiger partial charge < -0.3 is 10.4 Å². The Morgan fingerprint density at radius 1 is 1.00 bits per heavy atom. The summed E-state index contributed by atoms with van der Waals surface area (Å²) >= 11 is 0. The van der Waals surface area contributed by atoms with Gasteiger partial charge in [-0.1, -0.05) is 12.1 Å². The van der Waals surface area contributed by atoms with Crippen molar-refractivity contribution < 1.29 is 44.3 Å². The van der Waals surface area contributed by atoms with Crippen molar-refractivity contribution in [3.8, 4) is 0 Å². The highest BCUT2D eigenvalue weighted by Gasteiger charge is 2.55. The number of carbonyl (C=O) groups excluding carboxylic acids is 1. The summed E-state index contributed by atoms with van der Waals surface area (Å²) in [5.74, 6) is -3.39. The minimum atomic E-state index is -5.34. The number of amides is 1. The molecule has 8 nitrogen and oxygen atoms in total. The molecule has 170 valence electrons. The Balaban J connectivity index is 2.34. The van der Waals surface area contributed by atoms with Crippen LogP contribution in [0.4, 0.5) is 28.9 Å². The highest BCUT2D eigenvalue weighted by Crippen LogP contribution is 2.32. The summed E-state index contributed by atoms with van der Waals surface area (Å²) in [4.78, 5) is 10.6. The Morgan fingerprint density at radius 3 is 2.10 bits per heavy atom. The standard InChI is InChI=1S/C17H16F4N2O6S2/c1-16(25,17(19,20)21)15(24)22-12-8-7-10(9-11(12)18)31(28,29)23-13-5-3-4-6-14(13)30(2,26)27/h3-9,23,25H,1-2H3,(H,22,24)/t16-/m1/s1. The summed E-state index contributed by atoms with van der Waals surface area (Å²) in [5.41, 5.74) is -4.94. The van der Waals surface area contributed by atoms with Crippen LogP contribution in [0.3, 0.4) is 0 Å². The average molecular weight is 484 g/mol. The van der Waals surface area contributed by atoms with E-state index in [1.165, 1.54) is 17.4 Å². The Morgan fingerprint density at radius 2 is 1.58 bits per heavy atom. The van der Waals surface area contributed by atoms with E-state index in [2.05, 4.69) is 0 Å². The fourth-order valence-corrected chi connectivity index (χ4v) is 4.22. The zero-order valence-corrected chi connectivity index (χ0v) is 17.5. The Kier molecular flexibility index (Phi) is 6.41. The van der Waals surface area contributed by atoms with Gasteiger partial charge in [-0.3, -0.25) is 9.52 Å². The SMILES string of the molecule is C[C@@](O)(C(=O)Nc1ccc(S(=O)(=O)Nc2ccccc2S(C)(=O)=O)cc1F)C(F)(F)F. The van der Waals surface area contributed by atoms with Gasteiger partial charge in [-0.05, 0) is 37.3 Å². The van der Waals surface area contributed by atoms with Crippen molar-refractivity contribution in [2.24, 2.45) is 0 Å². The quantitative estimate of drug-likeness (QED) is 0.540.